The molecule has 1 aromatic rings. The van der Waals surface area contributed by atoms with Gasteiger partial charge in [0.2, 0.25) is 0 Å². The van der Waals surface area contributed by atoms with Gasteiger partial charge in [0.25, 0.3) is 0 Å². The lowest BCUT2D eigenvalue weighted by atomic mass is 9.98. The Labute approximate surface area is 125 Å². The van der Waals surface area contributed by atoms with E-state index >= 15 is 0 Å². The van der Waals surface area contributed by atoms with E-state index in [1.165, 1.54) is 18.5 Å². The Kier molecular flexibility index (Phi) is 7.90. The van der Waals surface area contributed by atoms with Crippen molar-refractivity contribution in [1.29, 1.82) is 0 Å². The van der Waals surface area contributed by atoms with Crippen LogP contribution in [0.25, 0.3) is 0 Å². The quantitative estimate of drug-likeness (QED) is 0.695. The van der Waals surface area contributed by atoms with E-state index in [1.54, 1.807) is 0 Å². The zero-order chi connectivity index (χ0) is 15.0. The first kappa shape index (κ1) is 17.2. The van der Waals surface area contributed by atoms with Crippen LogP contribution in [0.2, 0.25) is 0 Å². The third-order valence-corrected chi connectivity index (χ3v) is 4.04. The van der Waals surface area contributed by atoms with Crippen molar-refractivity contribution in [2.75, 3.05) is 6.54 Å². The van der Waals surface area contributed by atoms with Crippen molar-refractivity contribution >= 4 is 0 Å². The maximum atomic E-state index is 4.76. The van der Waals surface area contributed by atoms with Crippen LogP contribution in [-0.2, 0) is 6.42 Å². The average molecular weight is 279 g/mol. The minimum atomic E-state index is 0.559. The summed E-state index contributed by atoms with van der Waals surface area (Å²) in [6.07, 6.45) is 7.98. The molecule has 0 aromatic carbocycles. The molecule has 1 aromatic heterocycles. The SMILES string of the molecule is CCCNC(C)CC(C)Cc1ccn(C(CC)CC)n1. The van der Waals surface area contributed by atoms with Crippen LogP contribution in [0.4, 0.5) is 0 Å². The molecule has 1 heterocycles. The molecule has 116 valence electrons. The zero-order valence-electron chi connectivity index (χ0n) is 14.0. The van der Waals surface area contributed by atoms with E-state index in [1.807, 2.05) is 0 Å². The monoisotopic (exact) mass is 279 g/mol. The lowest BCUT2D eigenvalue weighted by molar-refractivity contribution is 0.404. The molecular weight excluding hydrogens is 246 g/mol. The second-order valence-corrected chi connectivity index (χ2v) is 6.16. The average Bonchev–Trinajstić information content (AvgIpc) is 2.86. The first-order chi connectivity index (χ1) is 9.60. The van der Waals surface area contributed by atoms with Gasteiger partial charge in [-0.2, -0.15) is 5.10 Å². The lowest BCUT2D eigenvalue weighted by Crippen LogP contribution is -2.28. The Morgan fingerprint density at radius 3 is 2.50 bits per heavy atom. The number of nitrogens with zero attached hydrogens (tertiary/aromatic N) is 2. The van der Waals surface area contributed by atoms with E-state index in [0.717, 1.165) is 25.8 Å². The minimum absolute atomic E-state index is 0.559. The van der Waals surface area contributed by atoms with Crippen molar-refractivity contribution in [3.05, 3.63) is 18.0 Å². The van der Waals surface area contributed by atoms with E-state index in [9.17, 15) is 0 Å². The van der Waals surface area contributed by atoms with Gasteiger partial charge in [-0.25, -0.2) is 0 Å². The summed E-state index contributed by atoms with van der Waals surface area (Å²) in [6.45, 7) is 12.4. The van der Waals surface area contributed by atoms with Crippen molar-refractivity contribution in [2.24, 2.45) is 5.92 Å². The fourth-order valence-electron chi connectivity index (χ4n) is 2.87. The van der Waals surface area contributed by atoms with Gasteiger partial charge in [-0.3, -0.25) is 4.68 Å². The summed E-state index contributed by atoms with van der Waals surface area (Å²) < 4.78 is 2.15. The fourth-order valence-corrected chi connectivity index (χ4v) is 2.87. The molecule has 1 N–H and O–H groups in total. The number of rotatable bonds is 10. The predicted molar refractivity (Wildman–Crippen MR) is 87.1 cm³/mol. The van der Waals surface area contributed by atoms with Crippen molar-refractivity contribution < 1.29 is 0 Å². The number of nitrogens with one attached hydrogen (secondary N) is 1. The summed E-state index contributed by atoms with van der Waals surface area (Å²) in [7, 11) is 0. The Bertz CT molecular complexity index is 355. The summed E-state index contributed by atoms with van der Waals surface area (Å²) in [6, 6.07) is 3.36. The third kappa shape index (κ3) is 5.66. The van der Waals surface area contributed by atoms with Gasteiger partial charge in [0.1, 0.15) is 0 Å². The van der Waals surface area contributed by atoms with Crippen LogP contribution in [-0.4, -0.2) is 22.4 Å². The smallest absolute Gasteiger partial charge is 0.0627 e. The molecule has 0 spiro atoms. The predicted octanol–water partition coefficient (Wildman–Crippen LogP) is 4.20. The molecule has 0 aliphatic carbocycles. The van der Waals surface area contributed by atoms with E-state index in [0.29, 0.717) is 18.0 Å². The first-order valence-corrected chi connectivity index (χ1v) is 8.38. The van der Waals surface area contributed by atoms with Crippen LogP contribution in [0.3, 0.4) is 0 Å². The van der Waals surface area contributed by atoms with Gasteiger partial charge in [0, 0.05) is 12.2 Å². The lowest BCUT2D eigenvalue weighted by Gasteiger charge is -2.18. The molecular formula is C17H33N3. The maximum Gasteiger partial charge on any atom is 0.0627 e. The Morgan fingerprint density at radius 2 is 1.90 bits per heavy atom. The highest BCUT2D eigenvalue weighted by Crippen LogP contribution is 2.17. The van der Waals surface area contributed by atoms with Gasteiger partial charge >= 0.3 is 0 Å². The van der Waals surface area contributed by atoms with Crippen molar-refractivity contribution in [1.82, 2.24) is 15.1 Å². The summed E-state index contributed by atoms with van der Waals surface area (Å²) in [5, 5.41) is 8.32. The molecule has 20 heavy (non-hydrogen) atoms. The van der Waals surface area contributed by atoms with Gasteiger partial charge in [-0.15, -0.1) is 0 Å². The first-order valence-electron chi connectivity index (χ1n) is 8.38. The van der Waals surface area contributed by atoms with Crippen LogP contribution in [0, 0.1) is 5.92 Å². The molecule has 2 atom stereocenters. The van der Waals surface area contributed by atoms with E-state index in [4.69, 9.17) is 5.10 Å². The molecule has 0 radical (unpaired) electrons. The molecule has 2 unspecified atom stereocenters. The second-order valence-electron chi connectivity index (χ2n) is 6.16. The summed E-state index contributed by atoms with van der Waals surface area (Å²) in [4.78, 5) is 0. The van der Waals surface area contributed by atoms with Crippen LogP contribution in [0.5, 0.6) is 0 Å². The minimum Gasteiger partial charge on any atom is -0.314 e. The van der Waals surface area contributed by atoms with Crippen molar-refractivity contribution in [2.45, 2.75) is 78.8 Å². The van der Waals surface area contributed by atoms with Gasteiger partial charge in [0.05, 0.1) is 11.7 Å². The molecule has 0 aliphatic rings. The second kappa shape index (κ2) is 9.17. The van der Waals surface area contributed by atoms with Crippen LogP contribution >= 0.6 is 0 Å². The molecule has 3 nitrogen and oxygen atoms in total. The summed E-state index contributed by atoms with van der Waals surface area (Å²) in [5.74, 6) is 0.680. The summed E-state index contributed by atoms with van der Waals surface area (Å²) >= 11 is 0. The van der Waals surface area contributed by atoms with Crippen LogP contribution in [0.15, 0.2) is 12.3 Å². The normalized spacial score (nSPS) is 14.7. The fraction of sp³-hybridized carbons (Fsp3) is 0.824. The van der Waals surface area contributed by atoms with E-state index in [-0.39, 0.29) is 0 Å². The molecule has 1 rings (SSSR count). The Morgan fingerprint density at radius 1 is 1.20 bits per heavy atom. The molecule has 0 aliphatic heterocycles. The van der Waals surface area contributed by atoms with Crippen LogP contribution in [0.1, 0.15) is 72.0 Å². The number of hydrogen-bond acceptors (Lipinski definition) is 2. The summed E-state index contributed by atoms with van der Waals surface area (Å²) in [5.41, 5.74) is 1.24. The molecule has 3 heteroatoms. The van der Waals surface area contributed by atoms with Crippen molar-refractivity contribution in [3.63, 3.8) is 0 Å². The Hall–Kier alpha value is -0.830. The van der Waals surface area contributed by atoms with Crippen LogP contribution < -0.4 is 5.32 Å². The molecule has 0 fully saturated rings. The van der Waals surface area contributed by atoms with E-state index in [2.05, 4.69) is 56.9 Å². The highest BCUT2D eigenvalue weighted by molar-refractivity contribution is 5.01. The molecule has 0 amide bonds. The largest absolute Gasteiger partial charge is 0.314 e. The van der Waals surface area contributed by atoms with Gasteiger partial charge in [-0.1, -0.05) is 27.7 Å². The highest BCUT2D eigenvalue weighted by Gasteiger charge is 2.12. The van der Waals surface area contributed by atoms with E-state index < -0.39 is 0 Å². The topological polar surface area (TPSA) is 29.9 Å². The molecule has 0 saturated heterocycles. The third-order valence-electron chi connectivity index (χ3n) is 4.04. The molecule has 0 saturated carbocycles. The highest BCUT2D eigenvalue weighted by atomic mass is 15.3. The van der Waals surface area contributed by atoms with Crippen molar-refractivity contribution in [3.8, 4) is 0 Å². The number of hydrogen-bond donors (Lipinski definition) is 1. The standard InChI is InChI=1S/C17H33N3/c1-6-10-18-15(5)12-14(4)13-16-9-11-20(19-16)17(7-2)8-3/h9,11,14-15,17-18H,6-8,10,12-13H2,1-5H3. The van der Waals surface area contributed by atoms with Gasteiger partial charge in [0.15, 0.2) is 0 Å². The number of aromatic nitrogens is 2. The zero-order valence-corrected chi connectivity index (χ0v) is 14.0. The van der Waals surface area contributed by atoms with Gasteiger partial charge < -0.3 is 5.32 Å². The maximum absolute atomic E-state index is 4.76. The van der Waals surface area contributed by atoms with Gasteiger partial charge in [-0.05, 0) is 57.6 Å². The molecule has 0 bridgehead atoms. The Balaban J connectivity index is 2.44.